The second-order valence-electron chi connectivity index (χ2n) is 8.01. The summed E-state index contributed by atoms with van der Waals surface area (Å²) in [5.41, 5.74) is 1.15. The van der Waals surface area contributed by atoms with Crippen molar-refractivity contribution in [2.75, 3.05) is 0 Å². The van der Waals surface area contributed by atoms with Gasteiger partial charge in [-0.25, -0.2) is 0 Å². The van der Waals surface area contributed by atoms with Crippen molar-refractivity contribution in [3.05, 3.63) is 59.7 Å². The van der Waals surface area contributed by atoms with Crippen molar-refractivity contribution in [1.82, 2.24) is 0 Å². The highest BCUT2D eigenvalue weighted by Gasteiger charge is 2.62. The van der Waals surface area contributed by atoms with Crippen molar-refractivity contribution in [1.29, 1.82) is 0 Å². The van der Waals surface area contributed by atoms with E-state index in [-0.39, 0.29) is 28.8 Å². The van der Waals surface area contributed by atoms with Crippen molar-refractivity contribution < 1.29 is 14.3 Å². The number of ketones is 2. The van der Waals surface area contributed by atoms with Gasteiger partial charge in [0.15, 0.2) is 11.6 Å². The second kappa shape index (κ2) is 5.04. The van der Waals surface area contributed by atoms with Crippen LogP contribution in [0.3, 0.4) is 0 Å². The number of ether oxygens (including phenoxy) is 1. The summed E-state index contributed by atoms with van der Waals surface area (Å²) in [4.78, 5) is 26.3. The van der Waals surface area contributed by atoms with Crippen molar-refractivity contribution in [2.45, 2.75) is 26.2 Å². The number of hydrogen-bond donors (Lipinski definition) is 0. The molecule has 4 unspecified atom stereocenters. The van der Waals surface area contributed by atoms with Crippen molar-refractivity contribution >= 4 is 11.6 Å². The maximum absolute atomic E-state index is 13.2. The maximum atomic E-state index is 13.2. The standard InChI is InChI=1S/C22H20O3/c1-22-10-9-13(12-22)18-19(22)21(24)16-8-7-15(11-17(16)20(18)23)25-14-5-3-2-4-6-14/h2-8,11,13,18-19H,9-10,12H2,1H3. The Morgan fingerprint density at radius 3 is 2.56 bits per heavy atom. The fraction of sp³-hybridized carbons (Fsp3) is 0.364. The normalized spacial score (nSPS) is 32.4. The Labute approximate surface area is 147 Å². The molecule has 0 saturated heterocycles. The van der Waals surface area contributed by atoms with Crippen LogP contribution >= 0.6 is 0 Å². The molecule has 0 N–H and O–H groups in total. The molecule has 2 aromatic rings. The van der Waals surface area contributed by atoms with Crippen LogP contribution < -0.4 is 4.74 Å². The third-order valence-electron chi connectivity index (χ3n) is 6.52. The molecule has 0 aromatic heterocycles. The number of para-hydroxylation sites is 1. The summed E-state index contributed by atoms with van der Waals surface area (Å²) in [6.07, 6.45) is 3.16. The minimum Gasteiger partial charge on any atom is -0.457 e. The van der Waals surface area contributed by atoms with Crippen molar-refractivity contribution in [3.8, 4) is 11.5 Å². The first-order valence-corrected chi connectivity index (χ1v) is 9.02. The smallest absolute Gasteiger partial charge is 0.167 e. The lowest BCUT2D eigenvalue weighted by atomic mass is 9.63. The van der Waals surface area contributed by atoms with Gasteiger partial charge < -0.3 is 4.74 Å². The zero-order chi connectivity index (χ0) is 17.2. The summed E-state index contributed by atoms with van der Waals surface area (Å²) in [5.74, 6) is 1.78. The summed E-state index contributed by atoms with van der Waals surface area (Å²) in [5, 5.41) is 0. The Morgan fingerprint density at radius 2 is 1.76 bits per heavy atom. The quantitative estimate of drug-likeness (QED) is 0.785. The first-order valence-electron chi connectivity index (χ1n) is 9.02. The SMILES string of the molecule is CC12CCC(C1)C1C(=O)c3cc(Oc4ccccc4)ccc3C(=O)C12. The van der Waals surface area contributed by atoms with Gasteiger partial charge in [0.1, 0.15) is 11.5 Å². The molecule has 0 amide bonds. The van der Waals surface area contributed by atoms with Gasteiger partial charge >= 0.3 is 0 Å². The zero-order valence-corrected chi connectivity index (χ0v) is 14.2. The largest absolute Gasteiger partial charge is 0.457 e. The van der Waals surface area contributed by atoms with Gasteiger partial charge in [0.2, 0.25) is 0 Å². The first kappa shape index (κ1) is 14.9. The molecule has 5 rings (SSSR count). The molecule has 0 spiro atoms. The van der Waals surface area contributed by atoms with E-state index in [0.717, 1.165) is 25.0 Å². The van der Waals surface area contributed by atoms with E-state index in [1.54, 1.807) is 18.2 Å². The molecular weight excluding hydrogens is 312 g/mol. The average Bonchev–Trinajstić information content (AvgIpc) is 3.14. The van der Waals surface area contributed by atoms with E-state index in [1.807, 2.05) is 30.3 Å². The van der Waals surface area contributed by atoms with Gasteiger partial charge in [-0.1, -0.05) is 25.1 Å². The van der Waals surface area contributed by atoms with Crippen LogP contribution in [0.15, 0.2) is 48.5 Å². The highest BCUT2D eigenvalue weighted by atomic mass is 16.5. The van der Waals surface area contributed by atoms with Gasteiger partial charge in [-0.05, 0) is 60.9 Å². The summed E-state index contributed by atoms with van der Waals surface area (Å²) in [7, 11) is 0. The van der Waals surface area contributed by atoms with Gasteiger partial charge in [0, 0.05) is 23.0 Å². The summed E-state index contributed by atoms with van der Waals surface area (Å²) in [6.45, 7) is 2.20. The lowest BCUT2D eigenvalue weighted by Gasteiger charge is -2.38. The third-order valence-corrected chi connectivity index (χ3v) is 6.52. The van der Waals surface area contributed by atoms with Crippen LogP contribution in [-0.4, -0.2) is 11.6 Å². The molecule has 2 aromatic carbocycles. The van der Waals surface area contributed by atoms with Crippen molar-refractivity contribution in [2.24, 2.45) is 23.2 Å². The first-order chi connectivity index (χ1) is 12.1. The van der Waals surface area contributed by atoms with Crippen LogP contribution in [0.5, 0.6) is 11.5 Å². The molecule has 2 bridgehead atoms. The van der Waals surface area contributed by atoms with Gasteiger partial charge in [-0.15, -0.1) is 0 Å². The molecule has 4 atom stereocenters. The molecule has 0 heterocycles. The van der Waals surface area contributed by atoms with E-state index in [0.29, 0.717) is 22.8 Å². The third kappa shape index (κ3) is 2.05. The Bertz CT molecular complexity index is 885. The van der Waals surface area contributed by atoms with E-state index in [1.165, 1.54) is 0 Å². The number of carbonyl (C=O) groups excluding carboxylic acids is 2. The molecule has 0 radical (unpaired) electrons. The average molecular weight is 332 g/mol. The number of carbonyl (C=O) groups is 2. The summed E-state index contributed by atoms with van der Waals surface area (Å²) < 4.78 is 5.86. The van der Waals surface area contributed by atoms with E-state index in [4.69, 9.17) is 4.74 Å². The minimum absolute atomic E-state index is 0.0129. The van der Waals surface area contributed by atoms with Crippen LogP contribution in [0.1, 0.15) is 46.9 Å². The number of benzene rings is 2. The molecular formula is C22H20O3. The van der Waals surface area contributed by atoms with Gasteiger partial charge in [-0.2, -0.15) is 0 Å². The van der Waals surface area contributed by atoms with Crippen LogP contribution in [0, 0.1) is 23.2 Å². The molecule has 3 nitrogen and oxygen atoms in total. The number of hydrogen-bond acceptors (Lipinski definition) is 3. The van der Waals surface area contributed by atoms with E-state index >= 15 is 0 Å². The van der Waals surface area contributed by atoms with E-state index < -0.39 is 0 Å². The summed E-state index contributed by atoms with van der Waals surface area (Å²) in [6, 6.07) is 14.8. The molecule has 3 aliphatic rings. The molecule has 2 fully saturated rings. The fourth-order valence-corrected chi connectivity index (χ4v) is 5.44. The number of rotatable bonds is 2. The Kier molecular flexibility index (Phi) is 3.00. The Morgan fingerprint density at radius 1 is 0.960 bits per heavy atom. The van der Waals surface area contributed by atoms with E-state index in [9.17, 15) is 9.59 Å². The lowest BCUT2D eigenvalue weighted by molar-refractivity contribution is 0.0572. The predicted octanol–water partition coefficient (Wildman–Crippen LogP) is 4.91. The predicted molar refractivity (Wildman–Crippen MR) is 94.0 cm³/mol. The number of Topliss-reactive ketones (excluding diaryl/α,β-unsaturated/α-hetero) is 2. The minimum atomic E-state index is -0.120. The van der Waals surface area contributed by atoms with Crippen LogP contribution in [0.2, 0.25) is 0 Å². The number of fused-ring (bicyclic) bond motifs is 6. The Hall–Kier alpha value is -2.42. The van der Waals surface area contributed by atoms with Crippen LogP contribution in [-0.2, 0) is 0 Å². The van der Waals surface area contributed by atoms with E-state index in [2.05, 4.69) is 6.92 Å². The molecule has 25 heavy (non-hydrogen) atoms. The second-order valence-corrected chi connectivity index (χ2v) is 8.01. The monoisotopic (exact) mass is 332 g/mol. The highest BCUT2D eigenvalue weighted by Crippen LogP contribution is 2.63. The van der Waals surface area contributed by atoms with Crippen molar-refractivity contribution in [3.63, 3.8) is 0 Å². The van der Waals surface area contributed by atoms with Crippen LogP contribution in [0.4, 0.5) is 0 Å². The summed E-state index contributed by atoms with van der Waals surface area (Å²) >= 11 is 0. The Balaban J connectivity index is 1.55. The maximum Gasteiger partial charge on any atom is 0.167 e. The molecule has 3 heteroatoms. The topological polar surface area (TPSA) is 43.4 Å². The van der Waals surface area contributed by atoms with Gasteiger partial charge in [0.25, 0.3) is 0 Å². The molecule has 3 aliphatic carbocycles. The van der Waals surface area contributed by atoms with Gasteiger partial charge in [0.05, 0.1) is 0 Å². The van der Waals surface area contributed by atoms with Gasteiger partial charge in [-0.3, -0.25) is 9.59 Å². The lowest BCUT2D eigenvalue weighted by Crippen LogP contribution is -2.43. The molecule has 2 saturated carbocycles. The van der Waals surface area contributed by atoms with Crippen LogP contribution in [0.25, 0.3) is 0 Å². The molecule has 126 valence electrons. The zero-order valence-electron chi connectivity index (χ0n) is 14.2. The highest BCUT2D eigenvalue weighted by molar-refractivity contribution is 6.17. The fourth-order valence-electron chi connectivity index (χ4n) is 5.44. The molecule has 0 aliphatic heterocycles.